The van der Waals surface area contributed by atoms with Crippen molar-refractivity contribution < 1.29 is 0 Å². The van der Waals surface area contributed by atoms with E-state index in [1.54, 1.807) is 12.5 Å². The van der Waals surface area contributed by atoms with Crippen LogP contribution in [0.25, 0.3) is 16.7 Å². The van der Waals surface area contributed by atoms with Crippen LogP contribution in [0.4, 0.5) is 11.5 Å². The molecule has 0 aliphatic heterocycles. The van der Waals surface area contributed by atoms with Gasteiger partial charge in [-0.15, -0.1) is 0 Å². The first kappa shape index (κ1) is 14.4. The monoisotopic (exact) mass is 315 g/mol. The highest BCUT2D eigenvalue weighted by molar-refractivity contribution is 5.89. The largest absolute Gasteiger partial charge is 0.339 e. The molecule has 0 amide bonds. The Kier molecular flexibility index (Phi) is 3.46. The molecule has 2 aromatic carbocycles. The second-order valence-electron chi connectivity index (χ2n) is 5.79. The zero-order valence-electron chi connectivity index (χ0n) is 13.6. The van der Waals surface area contributed by atoms with E-state index in [4.69, 9.17) is 0 Å². The topological polar surface area (TPSA) is 55.6 Å². The molecular weight excluding hydrogens is 298 g/mol. The van der Waals surface area contributed by atoms with Crippen LogP contribution < -0.4 is 5.32 Å². The van der Waals surface area contributed by atoms with E-state index >= 15 is 0 Å². The van der Waals surface area contributed by atoms with Crippen LogP contribution in [0.3, 0.4) is 0 Å². The second kappa shape index (κ2) is 5.77. The molecule has 0 unspecified atom stereocenters. The molecule has 2 aromatic heterocycles. The molecule has 0 bridgehead atoms. The molecule has 2 heterocycles. The minimum Gasteiger partial charge on any atom is -0.339 e. The molecule has 0 spiro atoms. The van der Waals surface area contributed by atoms with Gasteiger partial charge in [0.05, 0.1) is 17.3 Å². The van der Waals surface area contributed by atoms with E-state index in [0.717, 1.165) is 33.8 Å². The Morgan fingerprint density at radius 3 is 2.67 bits per heavy atom. The van der Waals surface area contributed by atoms with Gasteiger partial charge in [-0.2, -0.15) is 5.10 Å². The summed E-state index contributed by atoms with van der Waals surface area (Å²) in [5.74, 6) is 0.758. The van der Waals surface area contributed by atoms with Crippen LogP contribution in [0.1, 0.15) is 11.1 Å². The van der Waals surface area contributed by atoms with Gasteiger partial charge >= 0.3 is 0 Å². The lowest BCUT2D eigenvalue weighted by Crippen LogP contribution is -2.00. The lowest BCUT2D eigenvalue weighted by molar-refractivity contribution is 0.894. The lowest BCUT2D eigenvalue weighted by Gasteiger charge is -2.09. The normalized spacial score (nSPS) is 10.9. The maximum Gasteiger partial charge on any atom is 0.168 e. The fourth-order valence-corrected chi connectivity index (χ4v) is 2.73. The van der Waals surface area contributed by atoms with Crippen molar-refractivity contribution in [3.8, 4) is 5.69 Å². The maximum atomic E-state index is 4.51. The average molecular weight is 315 g/mol. The number of fused-ring (bicyclic) bond motifs is 1. The third kappa shape index (κ3) is 2.50. The first-order chi connectivity index (χ1) is 11.7. The van der Waals surface area contributed by atoms with E-state index in [1.165, 1.54) is 5.56 Å². The van der Waals surface area contributed by atoms with Crippen LogP contribution in [0.15, 0.2) is 61.1 Å². The standard InChI is InChI=1S/C19H17N5/c1-13-6-5-8-15(10-13)24-19-16(11-22-24)18(20-12-21-19)23-17-9-4-3-7-14(17)2/h3-12H,1-2H3,(H,20,21,23). The molecule has 1 N–H and O–H groups in total. The van der Waals surface area contributed by atoms with Gasteiger partial charge in [0.2, 0.25) is 0 Å². The Bertz CT molecular complexity index is 1020. The smallest absolute Gasteiger partial charge is 0.168 e. The van der Waals surface area contributed by atoms with Gasteiger partial charge in [0.1, 0.15) is 12.1 Å². The first-order valence-corrected chi connectivity index (χ1v) is 7.81. The summed E-state index contributed by atoms with van der Waals surface area (Å²) in [6.07, 6.45) is 3.37. The lowest BCUT2D eigenvalue weighted by atomic mass is 10.2. The van der Waals surface area contributed by atoms with Crippen LogP contribution in [0, 0.1) is 13.8 Å². The van der Waals surface area contributed by atoms with Crippen molar-refractivity contribution in [2.45, 2.75) is 13.8 Å². The molecule has 118 valence electrons. The summed E-state index contributed by atoms with van der Waals surface area (Å²) in [7, 11) is 0. The number of benzene rings is 2. The average Bonchev–Trinajstić information content (AvgIpc) is 3.02. The summed E-state index contributed by atoms with van der Waals surface area (Å²) < 4.78 is 1.84. The van der Waals surface area contributed by atoms with E-state index in [1.807, 2.05) is 35.0 Å². The number of aromatic nitrogens is 4. The molecule has 0 saturated carbocycles. The summed E-state index contributed by atoms with van der Waals surface area (Å²) in [6.45, 7) is 4.13. The van der Waals surface area contributed by atoms with E-state index in [2.05, 4.69) is 52.4 Å². The highest BCUT2D eigenvalue weighted by Gasteiger charge is 2.11. The molecule has 0 atom stereocenters. The van der Waals surface area contributed by atoms with Crippen LogP contribution in [-0.4, -0.2) is 19.7 Å². The summed E-state index contributed by atoms with van der Waals surface area (Å²) in [5, 5.41) is 8.78. The molecule has 0 saturated heterocycles. The number of aryl methyl sites for hydroxylation is 2. The zero-order valence-corrected chi connectivity index (χ0v) is 13.6. The summed E-state index contributed by atoms with van der Waals surface area (Å²) >= 11 is 0. The van der Waals surface area contributed by atoms with Crippen molar-refractivity contribution in [3.05, 3.63) is 72.2 Å². The van der Waals surface area contributed by atoms with Gasteiger partial charge in [0, 0.05) is 5.69 Å². The van der Waals surface area contributed by atoms with Crippen molar-refractivity contribution in [2.24, 2.45) is 0 Å². The van der Waals surface area contributed by atoms with Crippen molar-refractivity contribution in [1.82, 2.24) is 19.7 Å². The summed E-state index contributed by atoms with van der Waals surface area (Å²) in [4.78, 5) is 8.81. The van der Waals surface area contributed by atoms with Crippen LogP contribution in [0.5, 0.6) is 0 Å². The Morgan fingerprint density at radius 1 is 0.958 bits per heavy atom. The van der Waals surface area contributed by atoms with Gasteiger partial charge in [0.15, 0.2) is 5.65 Å². The number of nitrogens with zero attached hydrogens (tertiary/aromatic N) is 4. The van der Waals surface area contributed by atoms with E-state index in [0.29, 0.717) is 0 Å². The number of hydrogen-bond donors (Lipinski definition) is 1. The fraction of sp³-hybridized carbons (Fsp3) is 0.105. The highest BCUT2D eigenvalue weighted by Crippen LogP contribution is 2.26. The first-order valence-electron chi connectivity index (χ1n) is 7.81. The Hall–Kier alpha value is -3.21. The summed E-state index contributed by atoms with van der Waals surface area (Å²) in [5.41, 5.74) is 5.15. The second-order valence-corrected chi connectivity index (χ2v) is 5.79. The quantitative estimate of drug-likeness (QED) is 0.616. The summed E-state index contributed by atoms with van der Waals surface area (Å²) in [6, 6.07) is 16.3. The third-order valence-corrected chi connectivity index (χ3v) is 4.01. The van der Waals surface area contributed by atoms with E-state index in [-0.39, 0.29) is 0 Å². The molecular formula is C19H17N5. The zero-order chi connectivity index (χ0) is 16.5. The van der Waals surface area contributed by atoms with Crippen LogP contribution in [-0.2, 0) is 0 Å². The van der Waals surface area contributed by atoms with Gasteiger partial charge in [0.25, 0.3) is 0 Å². The fourth-order valence-electron chi connectivity index (χ4n) is 2.73. The van der Waals surface area contributed by atoms with E-state index < -0.39 is 0 Å². The minimum absolute atomic E-state index is 0.758. The van der Waals surface area contributed by atoms with Gasteiger partial charge in [-0.25, -0.2) is 14.6 Å². The predicted octanol–water partition coefficient (Wildman–Crippen LogP) is 4.18. The molecule has 0 radical (unpaired) electrons. The van der Waals surface area contributed by atoms with Crippen molar-refractivity contribution in [3.63, 3.8) is 0 Å². The number of anilines is 2. The SMILES string of the molecule is Cc1cccc(-n2ncc3c(Nc4ccccc4C)ncnc32)c1. The number of hydrogen-bond acceptors (Lipinski definition) is 4. The van der Waals surface area contributed by atoms with E-state index in [9.17, 15) is 0 Å². The molecule has 5 heteroatoms. The van der Waals surface area contributed by atoms with Crippen molar-refractivity contribution in [2.75, 3.05) is 5.32 Å². The van der Waals surface area contributed by atoms with Crippen LogP contribution in [0.2, 0.25) is 0 Å². The molecule has 4 aromatic rings. The molecule has 5 nitrogen and oxygen atoms in total. The number of rotatable bonds is 3. The molecule has 0 fully saturated rings. The molecule has 0 aliphatic carbocycles. The van der Waals surface area contributed by atoms with Gasteiger partial charge in [-0.1, -0.05) is 30.3 Å². The maximum absolute atomic E-state index is 4.51. The van der Waals surface area contributed by atoms with Crippen molar-refractivity contribution >= 4 is 22.5 Å². The van der Waals surface area contributed by atoms with Gasteiger partial charge in [-0.05, 0) is 43.2 Å². The minimum atomic E-state index is 0.758. The third-order valence-electron chi connectivity index (χ3n) is 4.01. The molecule has 0 aliphatic rings. The number of nitrogens with one attached hydrogen (secondary N) is 1. The van der Waals surface area contributed by atoms with Gasteiger partial charge in [-0.3, -0.25) is 0 Å². The predicted molar refractivity (Wildman–Crippen MR) is 95.9 cm³/mol. The van der Waals surface area contributed by atoms with Crippen molar-refractivity contribution in [1.29, 1.82) is 0 Å². The number of para-hydroxylation sites is 1. The molecule has 4 rings (SSSR count). The highest BCUT2D eigenvalue weighted by atomic mass is 15.3. The Balaban J connectivity index is 1.81. The Morgan fingerprint density at radius 2 is 1.83 bits per heavy atom. The molecule has 24 heavy (non-hydrogen) atoms. The van der Waals surface area contributed by atoms with Gasteiger partial charge < -0.3 is 5.32 Å². The Labute approximate surface area is 140 Å². The van der Waals surface area contributed by atoms with Crippen LogP contribution >= 0.6 is 0 Å².